The maximum absolute atomic E-state index is 12.5. The molecule has 3 aliphatic heterocycles. The van der Waals surface area contributed by atoms with E-state index in [0.29, 0.717) is 35.2 Å². The topological polar surface area (TPSA) is 173 Å². The number of phenolic OH excluding ortho intramolecular Hbond substituents is 1. The number of carbonyl (C=O) groups is 2. The number of nitrogens with one attached hydrogen (secondary N) is 3. The number of nitrogens with zero attached hydrogens (tertiary/aromatic N) is 1. The van der Waals surface area contributed by atoms with Gasteiger partial charge in [0, 0.05) is 18.0 Å². The molecule has 4 aromatic carbocycles. The van der Waals surface area contributed by atoms with Gasteiger partial charge in [-0.2, -0.15) is 0 Å². The highest BCUT2D eigenvalue weighted by atomic mass is 16.5. The number of hydrogen-bond acceptors (Lipinski definition) is 9. The van der Waals surface area contributed by atoms with Crippen molar-refractivity contribution in [3.8, 4) is 11.5 Å². The monoisotopic (exact) mass is 762 g/mol. The maximum atomic E-state index is 12.5. The predicted molar refractivity (Wildman–Crippen MR) is 214 cm³/mol. The summed E-state index contributed by atoms with van der Waals surface area (Å²) in [6.45, 7) is 5.56. The van der Waals surface area contributed by atoms with E-state index in [1.807, 2.05) is 42.5 Å². The normalized spacial score (nSPS) is 16.9. The van der Waals surface area contributed by atoms with Gasteiger partial charge in [0.15, 0.2) is 0 Å². The number of benzene rings is 4. The lowest BCUT2D eigenvalue weighted by molar-refractivity contribution is 0.0498. The number of fused-ring (bicyclic) bond motifs is 4. The SMILES string of the molecule is C1CN2CCC1CC2.O=C(O)NC(c1ccccc1)c1cccc(OCc2ccc(C(=O)OCCCCNCC(O)c3ccc(O)c4[nH]c(=O)ccc34)cc2)c1. The molecule has 6 N–H and O–H groups in total. The quantitative estimate of drug-likeness (QED) is 0.0509. The standard InChI is InChI=1S/C37H37N3O8.C7H13N/c41-31-17-15-29(30-16-18-33(43)39-35(30)31)32(42)22-38-19-4-5-20-47-36(44)26-13-11-24(12-14-26)23-48-28-10-6-9-27(21-28)34(40-37(45)46)25-7-2-1-3-8-25;1-4-8-5-2-7(1)3-6-8/h1-3,6-18,21,32,34,38,40-42H,4-5,19-20,22-23H2,(H,39,43)(H,45,46);7H,1-6H2. The lowest BCUT2D eigenvalue weighted by atomic mass is 9.89. The average molecular weight is 763 g/mol. The number of H-pyrrole nitrogens is 1. The number of aliphatic hydroxyl groups excluding tert-OH is 1. The Balaban J connectivity index is 0.000000583. The van der Waals surface area contributed by atoms with Gasteiger partial charge in [-0.15, -0.1) is 0 Å². The summed E-state index contributed by atoms with van der Waals surface area (Å²) in [6.07, 6.45) is 3.85. The first-order chi connectivity index (χ1) is 27.2. The number of amides is 1. The lowest BCUT2D eigenvalue weighted by Crippen LogP contribution is -2.41. The molecule has 56 heavy (non-hydrogen) atoms. The van der Waals surface area contributed by atoms with Crippen molar-refractivity contribution >= 4 is 23.0 Å². The number of ether oxygens (including phenoxy) is 2. The van der Waals surface area contributed by atoms with Crippen LogP contribution in [0.25, 0.3) is 10.9 Å². The minimum atomic E-state index is -1.12. The molecule has 1 aromatic heterocycles. The zero-order valence-corrected chi connectivity index (χ0v) is 31.4. The molecular formula is C44H50N4O8. The largest absolute Gasteiger partial charge is 0.506 e. The molecule has 1 amide bonds. The molecule has 2 unspecified atom stereocenters. The van der Waals surface area contributed by atoms with Crippen molar-refractivity contribution in [2.75, 3.05) is 39.3 Å². The number of pyridine rings is 1. The molecule has 0 aliphatic carbocycles. The van der Waals surface area contributed by atoms with E-state index in [1.54, 1.807) is 48.5 Å². The molecule has 12 nitrogen and oxygen atoms in total. The fourth-order valence-corrected chi connectivity index (χ4v) is 7.18. The summed E-state index contributed by atoms with van der Waals surface area (Å²) in [7, 11) is 0. The number of aromatic amines is 1. The van der Waals surface area contributed by atoms with Crippen molar-refractivity contribution in [2.45, 2.75) is 50.9 Å². The number of carbonyl (C=O) groups excluding carboxylic acids is 1. The van der Waals surface area contributed by atoms with Gasteiger partial charge in [-0.1, -0.05) is 60.7 Å². The number of piperidine rings is 3. The first-order valence-electron chi connectivity index (χ1n) is 19.2. The number of rotatable bonds is 15. The highest BCUT2D eigenvalue weighted by Gasteiger charge is 2.24. The minimum absolute atomic E-state index is 0.0594. The Labute approximate surface area is 326 Å². The molecule has 0 saturated carbocycles. The Kier molecular flexibility index (Phi) is 14.1. The molecule has 3 fully saturated rings. The van der Waals surface area contributed by atoms with Crippen LogP contribution in [0, 0.1) is 5.92 Å². The Morgan fingerprint density at radius 1 is 0.857 bits per heavy atom. The number of aromatic hydroxyl groups is 1. The summed E-state index contributed by atoms with van der Waals surface area (Å²) in [5.41, 5.74) is 3.38. The summed E-state index contributed by atoms with van der Waals surface area (Å²) < 4.78 is 11.4. The molecular weight excluding hydrogens is 713 g/mol. The van der Waals surface area contributed by atoms with Crippen LogP contribution >= 0.6 is 0 Å². The van der Waals surface area contributed by atoms with Crippen molar-refractivity contribution < 1.29 is 34.4 Å². The fourth-order valence-electron chi connectivity index (χ4n) is 7.18. The van der Waals surface area contributed by atoms with Gasteiger partial charge < -0.3 is 45.3 Å². The van der Waals surface area contributed by atoms with Crippen molar-refractivity contribution in [3.63, 3.8) is 0 Å². The molecule has 0 radical (unpaired) electrons. The maximum Gasteiger partial charge on any atom is 0.405 e. The number of phenols is 1. The van der Waals surface area contributed by atoms with Gasteiger partial charge in [0.1, 0.15) is 18.1 Å². The zero-order chi connectivity index (χ0) is 39.3. The first-order valence-corrected chi connectivity index (χ1v) is 19.2. The van der Waals surface area contributed by atoms with E-state index in [1.165, 1.54) is 51.0 Å². The number of aromatic nitrogens is 1. The summed E-state index contributed by atoms with van der Waals surface area (Å²) >= 11 is 0. The molecule has 12 heteroatoms. The van der Waals surface area contributed by atoms with Gasteiger partial charge in [-0.25, -0.2) is 9.59 Å². The summed E-state index contributed by atoms with van der Waals surface area (Å²) in [5.74, 6) is 1.21. The molecule has 4 heterocycles. The number of aliphatic hydroxyl groups is 1. The molecule has 8 rings (SSSR count). The smallest absolute Gasteiger partial charge is 0.405 e. The zero-order valence-electron chi connectivity index (χ0n) is 31.4. The Bertz CT molecular complexity index is 2080. The van der Waals surface area contributed by atoms with Crippen LogP contribution in [0.5, 0.6) is 11.5 Å². The van der Waals surface area contributed by atoms with E-state index in [9.17, 15) is 29.7 Å². The molecule has 2 atom stereocenters. The van der Waals surface area contributed by atoms with Crippen LogP contribution < -0.4 is 20.9 Å². The van der Waals surface area contributed by atoms with Crippen molar-refractivity contribution in [2.24, 2.45) is 5.92 Å². The highest BCUT2D eigenvalue weighted by Crippen LogP contribution is 2.29. The Morgan fingerprint density at radius 3 is 2.27 bits per heavy atom. The minimum Gasteiger partial charge on any atom is -0.506 e. The third-order valence-corrected chi connectivity index (χ3v) is 10.3. The van der Waals surface area contributed by atoms with Crippen molar-refractivity contribution in [3.05, 3.63) is 141 Å². The highest BCUT2D eigenvalue weighted by molar-refractivity contribution is 5.89. The molecule has 294 valence electrons. The van der Waals surface area contributed by atoms with E-state index in [4.69, 9.17) is 9.47 Å². The van der Waals surface area contributed by atoms with Crippen molar-refractivity contribution in [1.29, 1.82) is 0 Å². The molecule has 3 saturated heterocycles. The molecule has 3 aliphatic rings. The third-order valence-electron chi connectivity index (χ3n) is 10.3. The summed E-state index contributed by atoms with van der Waals surface area (Å²) in [4.78, 5) is 40.8. The molecule has 2 bridgehead atoms. The number of hydrogen-bond donors (Lipinski definition) is 6. The van der Waals surface area contributed by atoms with Crippen molar-refractivity contribution in [1.82, 2.24) is 20.5 Å². The van der Waals surface area contributed by atoms with Crippen LogP contribution in [0.3, 0.4) is 0 Å². The van der Waals surface area contributed by atoms with Gasteiger partial charge in [-0.05, 0) is 123 Å². The van der Waals surface area contributed by atoms with Gasteiger partial charge in [0.05, 0.1) is 29.8 Å². The summed E-state index contributed by atoms with van der Waals surface area (Å²) in [6, 6.07) is 29.0. The van der Waals surface area contributed by atoms with E-state index in [-0.39, 0.29) is 36.6 Å². The number of esters is 1. The molecule has 0 spiro atoms. The van der Waals surface area contributed by atoms with Crippen LogP contribution in [0.4, 0.5) is 4.79 Å². The van der Waals surface area contributed by atoms with E-state index in [2.05, 4.69) is 20.5 Å². The van der Waals surface area contributed by atoms with Crippen LogP contribution in [-0.4, -0.2) is 76.6 Å². The van der Waals surface area contributed by atoms with Crippen LogP contribution in [0.2, 0.25) is 0 Å². The third kappa shape index (κ3) is 11.2. The first kappa shape index (κ1) is 40.0. The van der Waals surface area contributed by atoms with Gasteiger partial charge in [0.25, 0.3) is 0 Å². The number of carboxylic acid groups (broad SMARTS) is 1. The second-order valence-electron chi connectivity index (χ2n) is 14.3. The van der Waals surface area contributed by atoms with Crippen LogP contribution in [-0.2, 0) is 11.3 Å². The fraction of sp³-hybridized carbons (Fsp3) is 0.341. The van der Waals surface area contributed by atoms with Crippen LogP contribution in [0.1, 0.15) is 76.9 Å². The van der Waals surface area contributed by atoms with E-state index < -0.39 is 24.2 Å². The van der Waals surface area contributed by atoms with E-state index in [0.717, 1.165) is 29.0 Å². The average Bonchev–Trinajstić information content (AvgIpc) is 3.23. The van der Waals surface area contributed by atoms with Crippen LogP contribution in [0.15, 0.2) is 108 Å². The van der Waals surface area contributed by atoms with Gasteiger partial charge >= 0.3 is 12.1 Å². The van der Waals surface area contributed by atoms with Gasteiger partial charge in [0.2, 0.25) is 5.56 Å². The van der Waals surface area contributed by atoms with Gasteiger partial charge in [-0.3, -0.25) is 4.79 Å². The lowest BCUT2D eigenvalue weighted by Gasteiger charge is -2.38. The van der Waals surface area contributed by atoms with E-state index >= 15 is 0 Å². The summed E-state index contributed by atoms with van der Waals surface area (Å²) in [5, 5.41) is 36.4. The predicted octanol–water partition coefficient (Wildman–Crippen LogP) is 6.53. The number of unbranched alkanes of at least 4 members (excludes halogenated alkanes) is 1. The second kappa shape index (κ2) is 19.8. The second-order valence-corrected chi connectivity index (χ2v) is 14.3. The Morgan fingerprint density at radius 2 is 1.59 bits per heavy atom. The Hall–Kier alpha value is -5.69. The molecule has 5 aromatic rings.